The highest BCUT2D eigenvalue weighted by Gasteiger charge is 2.09. The minimum Gasteiger partial charge on any atom is -0.484 e. The van der Waals surface area contributed by atoms with E-state index in [9.17, 15) is 14.4 Å². The van der Waals surface area contributed by atoms with E-state index in [2.05, 4.69) is 10.4 Å². The van der Waals surface area contributed by atoms with E-state index in [1.807, 2.05) is 30.3 Å². The number of hydrogen-bond donors (Lipinski definition) is 1. The molecule has 0 aliphatic rings. The Bertz CT molecular complexity index is 1080. The average Bonchev–Trinajstić information content (AvgIpc) is 2.75. The van der Waals surface area contributed by atoms with Crippen LogP contribution in [0.1, 0.15) is 0 Å². The molecule has 1 heterocycles. The van der Waals surface area contributed by atoms with E-state index in [0.717, 1.165) is 10.2 Å². The van der Waals surface area contributed by atoms with Crippen LogP contribution in [0.5, 0.6) is 5.75 Å². The minimum atomic E-state index is -0.383. The molecule has 0 spiro atoms. The standard InChI is InChI=1S/C22H22N4O4/c1-25(2)22(29)15-30-18-10-8-17(9-11-18)23-20(27)14-26-21(28)13-12-19(24-26)16-6-4-3-5-7-16/h3-13H,14-15H2,1-2H3,(H,23,27). The van der Waals surface area contributed by atoms with Crippen molar-refractivity contribution in [2.24, 2.45) is 0 Å². The summed E-state index contributed by atoms with van der Waals surface area (Å²) >= 11 is 0. The zero-order valence-corrected chi connectivity index (χ0v) is 16.7. The first kappa shape index (κ1) is 20.8. The quantitative estimate of drug-likeness (QED) is 0.648. The molecule has 1 aromatic heterocycles. The molecule has 0 saturated carbocycles. The third kappa shape index (κ3) is 5.54. The minimum absolute atomic E-state index is 0.0644. The molecule has 0 bridgehead atoms. The predicted octanol–water partition coefficient (Wildman–Crippen LogP) is 2.02. The highest BCUT2D eigenvalue weighted by atomic mass is 16.5. The van der Waals surface area contributed by atoms with Gasteiger partial charge in [-0.25, -0.2) is 4.68 Å². The van der Waals surface area contributed by atoms with E-state index in [-0.39, 0.29) is 30.5 Å². The van der Waals surface area contributed by atoms with Gasteiger partial charge in [0.1, 0.15) is 12.3 Å². The van der Waals surface area contributed by atoms with Crippen molar-refractivity contribution in [1.29, 1.82) is 0 Å². The van der Waals surface area contributed by atoms with Gasteiger partial charge >= 0.3 is 0 Å². The molecule has 154 valence electrons. The van der Waals surface area contributed by atoms with Gasteiger partial charge in [0.2, 0.25) is 5.91 Å². The number of anilines is 1. The molecule has 2 aromatic carbocycles. The van der Waals surface area contributed by atoms with Crippen LogP contribution in [0.2, 0.25) is 0 Å². The summed E-state index contributed by atoms with van der Waals surface area (Å²) in [6.07, 6.45) is 0. The van der Waals surface area contributed by atoms with Crippen molar-refractivity contribution in [1.82, 2.24) is 14.7 Å². The number of carbonyl (C=O) groups is 2. The van der Waals surface area contributed by atoms with Gasteiger partial charge in [-0.3, -0.25) is 14.4 Å². The molecule has 3 aromatic rings. The van der Waals surface area contributed by atoms with Crippen LogP contribution in [-0.4, -0.2) is 47.2 Å². The third-order valence-corrected chi connectivity index (χ3v) is 4.23. The van der Waals surface area contributed by atoms with Gasteiger partial charge in [0, 0.05) is 31.4 Å². The number of hydrogen-bond acceptors (Lipinski definition) is 5. The molecular formula is C22H22N4O4. The van der Waals surface area contributed by atoms with Crippen molar-refractivity contribution in [3.05, 3.63) is 77.1 Å². The molecule has 0 saturated heterocycles. The molecule has 2 amide bonds. The lowest BCUT2D eigenvalue weighted by Crippen LogP contribution is -2.29. The summed E-state index contributed by atoms with van der Waals surface area (Å²) in [6.45, 7) is -0.278. The molecule has 0 aliphatic heterocycles. The average molecular weight is 406 g/mol. The second kappa shape index (κ2) is 9.51. The fourth-order valence-electron chi connectivity index (χ4n) is 2.57. The molecule has 1 N–H and O–H groups in total. The summed E-state index contributed by atoms with van der Waals surface area (Å²) in [5.41, 5.74) is 1.64. The van der Waals surface area contributed by atoms with Crippen LogP contribution in [0.3, 0.4) is 0 Å². The van der Waals surface area contributed by atoms with E-state index in [0.29, 0.717) is 17.1 Å². The summed E-state index contributed by atoms with van der Waals surface area (Å²) in [7, 11) is 3.31. The topological polar surface area (TPSA) is 93.5 Å². The lowest BCUT2D eigenvalue weighted by molar-refractivity contribution is -0.130. The van der Waals surface area contributed by atoms with E-state index >= 15 is 0 Å². The lowest BCUT2D eigenvalue weighted by atomic mass is 10.1. The molecule has 0 radical (unpaired) electrons. The van der Waals surface area contributed by atoms with Gasteiger partial charge in [-0.05, 0) is 30.3 Å². The van der Waals surface area contributed by atoms with Crippen LogP contribution in [0.4, 0.5) is 5.69 Å². The van der Waals surface area contributed by atoms with Crippen molar-refractivity contribution in [3.63, 3.8) is 0 Å². The van der Waals surface area contributed by atoms with Gasteiger partial charge in [-0.15, -0.1) is 0 Å². The summed E-state index contributed by atoms with van der Waals surface area (Å²) in [5, 5.41) is 7.00. The molecular weight excluding hydrogens is 384 g/mol. The van der Waals surface area contributed by atoms with E-state index in [4.69, 9.17) is 4.74 Å². The molecule has 30 heavy (non-hydrogen) atoms. The molecule has 0 atom stereocenters. The number of ether oxygens (including phenoxy) is 1. The van der Waals surface area contributed by atoms with Crippen LogP contribution >= 0.6 is 0 Å². The lowest BCUT2D eigenvalue weighted by Gasteiger charge is -2.12. The SMILES string of the molecule is CN(C)C(=O)COc1ccc(NC(=O)Cn2nc(-c3ccccc3)ccc2=O)cc1. The number of aromatic nitrogens is 2. The first-order valence-corrected chi connectivity index (χ1v) is 9.29. The van der Waals surface area contributed by atoms with Crippen molar-refractivity contribution in [2.75, 3.05) is 26.0 Å². The Morgan fingerprint density at radius 1 is 1.00 bits per heavy atom. The molecule has 8 nitrogen and oxygen atoms in total. The second-order valence-electron chi connectivity index (χ2n) is 6.73. The van der Waals surface area contributed by atoms with Crippen molar-refractivity contribution in [3.8, 4) is 17.0 Å². The van der Waals surface area contributed by atoms with Crippen LogP contribution in [-0.2, 0) is 16.1 Å². The number of nitrogens with one attached hydrogen (secondary N) is 1. The molecule has 8 heteroatoms. The molecule has 3 rings (SSSR count). The van der Waals surface area contributed by atoms with Crippen molar-refractivity contribution in [2.45, 2.75) is 6.54 Å². The first-order valence-electron chi connectivity index (χ1n) is 9.29. The van der Waals surface area contributed by atoms with E-state index < -0.39 is 0 Å². The summed E-state index contributed by atoms with van der Waals surface area (Å²) in [5.74, 6) is -0.0223. The fraction of sp³-hybridized carbons (Fsp3) is 0.182. The largest absolute Gasteiger partial charge is 0.484 e. The van der Waals surface area contributed by atoms with Gasteiger partial charge in [0.25, 0.3) is 11.5 Å². The van der Waals surface area contributed by atoms with Gasteiger partial charge in [0.15, 0.2) is 6.61 Å². The first-order chi connectivity index (χ1) is 14.4. The third-order valence-electron chi connectivity index (χ3n) is 4.23. The normalized spacial score (nSPS) is 10.3. The Morgan fingerprint density at radius 3 is 2.37 bits per heavy atom. The number of nitrogens with zero attached hydrogens (tertiary/aromatic N) is 3. The van der Waals surface area contributed by atoms with E-state index in [1.54, 1.807) is 44.4 Å². The molecule has 0 aliphatic carbocycles. The maximum absolute atomic E-state index is 12.4. The van der Waals surface area contributed by atoms with Gasteiger partial charge in [-0.1, -0.05) is 30.3 Å². The molecule has 0 unspecified atom stereocenters. The Morgan fingerprint density at radius 2 is 1.70 bits per heavy atom. The maximum atomic E-state index is 12.4. The Labute approximate surface area is 173 Å². The number of rotatable bonds is 7. The summed E-state index contributed by atoms with van der Waals surface area (Å²) in [6, 6.07) is 19.1. The summed E-state index contributed by atoms with van der Waals surface area (Å²) in [4.78, 5) is 37.4. The predicted molar refractivity (Wildman–Crippen MR) is 113 cm³/mol. The van der Waals surface area contributed by atoms with Gasteiger partial charge < -0.3 is 15.0 Å². The van der Waals surface area contributed by atoms with Gasteiger partial charge in [-0.2, -0.15) is 5.10 Å². The smallest absolute Gasteiger partial charge is 0.267 e. The number of amides is 2. The maximum Gasteiger partial charge on any atom is 0.267 e. The zero-order chi connectivity index (χ0) is 21.5. The van der Waals surface area contributed by atoms with Crippen LogP contribution in [0.25, 0.3) is 11.3 Å². The van der Waals surface area contributed by atoms with Crippen LogP contribution in [0, 0.1) is 0 Å². The van der Waals surface area contributed by atoms with E-state index in [1.165, 1.54) is 11.0 Å². The van der Waals surface area contributed by atoms with Crippen molar-refractivity contribution < 1.29 is 14.3 Å². The Kier molecular flexibility index (Phi) is 6.59. The highest BCUT2D eigenvalue weighted by molar-refractivity contribution is 5.90. The highest BCUT2D eigenvalue weighted by Crippen LogP contribution is 2.16. The number of carbonyl (C=O) groups excluding carboxylic acids is 2. The Hall–Kier alpha value is -3.94. The van der Waals surface area contributed by atoms with Crippen LogP contribution in [0.15, 0.2) is 71.5 Å². The number of likely N-dealkylation sites (N-methyl/N-ethyl adjacent to an activating group) is 1. The second-order valence-corrected chi connectivity index (χ2v) is 6.73. The van der Waals surface area contributed by atoms with Gasteiger partial charge in [0.05, 0.1) is 5.69 Å². The fourth-order valence-corrected chi connectivity index (χ4v) is 2.57. The zero-order valence-electron chi connectivity index (χ0n) is 16.7. The van der Waals surface area contributed by atoms with Crippen molar-refractivity contribution >= 4 is 17.5 Å². The summed E-state index contributed by atoms with van der Waals surface area (Å²) < 4.78 is 6.52. The van der Waals surface area contributed by atoms with Crippen LogP contribution < -0.4 is 15.6 Å². The molecule has 0 fully saturated rings. The number of benzene rings is 2. The monoisotopic (exact) mass is 406 g/mol. The Balaban J connectivity index is 1.62.